The highest BCUT2D eigenvalue weighted by Gasteiger charge is 2.30. The number of hydrogen-bond donors (Lipinski definition) is 1. The van der Waals surface area contributed by atoms with E-state index in [2.05, 4.69) is 25.4 Å². The van der Waals surface area contributed by atoms with Crippen molar-refractivity contribution in [3.8, 4) is 11.4 Å². The lowest BCUT2D eigenvalue weighted by Gasteiger charge is -2.09. The lowest BCUT2D eigenvalue weighted by molar-refractivity contribution is -0.142. The third kappa shape index (κ3) is 4.88. The number of nitrogens with one attached hydrogen (secondary N) is 1. The molecule has 2 aromatic heterocycles. The Bertz CT molecular complexity index is 626. The van der Waals surface area contributed by atoms with E-state index in [0.717, 1.165) is 4.68 Å². The normalized spacial score (nSPS) is 11.7. The van der Waals surface area contributed by atoms with Crippen LogP contribution in [0.4, 0.5) is 19.1 Å². The first-order valence-corrected chi connectivity index (χ1v) is 6.98. The molecule has 0 amide bonds. The van der Waals surface area contributed by atoms with Gasteiger partial charge in [0.2, 0.25) is 5.95 Å². The van der Waals surface area contributed by atoms with Crippen LogP contribution in [-0.4, -0.2) is 51.2 Å². The number of halogens is 3. The zero-order valence-corrected chi connectivity index (χ0v) is 12.8. The van der Waals surface area contributed by atoms with Gasteiger partial charge in [0.05, 0.1) is 12.2 Å². The molecule has 0 fully saturated rings. The minimum atomic E-state index is -4.40. The van der Waals surface area contributed by atoms with E-state index in [4.69, 9.17) is 4.74 Å². The van der Waals surface area contributed by atoms with Crippen LogP contribution in [-0.2, 0) is 17.7 Å². The molecule has 0 atom stereocenters. The number of methoxy groups -OCH3 is 1. The molecule has 7 nitrogen and oxygen atoms in total. The minimum absolute atomic E-state index is 0.0801. The highest BCUT2D eigenvalue weighted by Crippen LogP contribution is 2.22. The Morgan fingerprint density at radius 1 is 1.26 bits per heavy atom. The molecule has 126 valence electrons. The summed E-state index contributed by atoms with van der Waals surface area (Å²) in [5.74, 6) is 0.760. The van der Waals surface area contributed by atoms with Gasteiger partial charge in [-0.15, -0.1) is 0 Å². The fourth-order valence-corrected chi connectivity index (χ4v) is 1.87. The topological polar surface area (TPSA) is 77.8 Å². The van der Waals surface area contributed by atoms with Gasteiger partial charge in [0.25, 0.3) is 0 Å². The Balaban J connectivity index is 2.31. The van der Waals surface area contributed by atoms with E-state index in [0.29, 0.717) is 31.1 Å². The van der Waals surface area contributed by atoms with E-state index in [-0.39, 0.29) is 11.6 Å². The highest BCUT2D eigenvalue weighted by atomic mass is 19.4. The number of alkyl halides is 3. The second-order valence-corrected chi connectivity index (χ2v) is 4.69. The number of rotatable bonds is 7. The number of ether oxygens (including phenoxy) is 1. The molecule has 0 radical (unpaired) electrons. The van der Waals surface area contributed by atoms with Gasteiger partial charge >= 0.3 is 6.18 Å². The average molecular weight is 330 g/mol. The molecule has 1 N–H and O–H groups in total. The van der Waals surface area contributed by atoms with E-state index in [9.17, 15) is 13.2 Å². The Morgan fingerprint density at radius 2 is 1.96 bits per heavy atom. The molecule has 2 aromatic rings. The molecule has 23 heavy (non-hydrogen) atoms. The average Bonchev–Trinajstić information content (AvgIpc) is 2.87. The van der Waals surface area contributed by atoms with Crippen molar-refractivity contribution in [3.05, 3.63) is 18.2 Å². The first-order valence-electron chi connectivity index (χ1n) is 6.98. The van der Waals surface area contributed by atoms with E-state index < -0.39 is 12.7 Å². The molecule has 2 heterocycles. The molecule has 0 saturated carbocycles. The molecule has 0 aliphatic heterocycles. The van der Waals surface area contributed by atoms with Crippen molar-refractivity contribution in [2.24, 2.45) is 0 Å². The highest BCUT2D eigenvalue weighted by molar-refractivity contribution is 5.53. The molecular formula is C13H17F3N6O. The summed E-state index contributed by atoms with van der Waals surface area (Å²) in [5, 5.41) is 6.81. The molecular weight excluding hydrogens is 313 g/mol. The van der Waals surface area contributed by atoms with Crippen LogP contribution in [0.25, 0.3) is 11.4 Å². The zero-order chi connectivity index (χ0) is 16.9. The van der Waals surface area contributed by atoms with Crippen LogP contribution in [0, 0.1) is 0 Å². The fraction of sp³-hybridized carbons (Fsp3) is 0.538. The second kappa shape index (κ2) is 7.36. The van der Waals surface area contributed by atoms with Gasteiger partial charge in [-0.1, -0.05) is 0 Å². The Labute approximate surface area is 130 Å². The Hall–Kier alpha value is -2.23. The maximum Gasteiger partial charge on any atom is 0.408 e. The summed E-state index contributed by atoms with van der Waals surface area (Å²) in [6.45, 7) is 1.63. The fourth-order valence-electron chi connectivity index (χ4n) is 1.87. The molecule has 0 spiro atoms. The van der Waals surface area contributed by atoms with Crippen LogP contribution in [0.2, 0.25) is 0 Å². The van der Waals surface area contributed by atoms with Crippen molar-refractivity contribution < 1.29 is 17.9 Å². The zero-order valence-electron chi connectivity index (χ0n) is 12.8. The standard InChI is InChI=1S/C13H17F3N6O/c1-3-17-12-18-6-9(7-19-12)11-20-10(4-5-23-2)21-22(11)8-13(14,15)16/h6-7H,3-5,8H2,1-2H3,(H,17,18,19). The molecule has 10 heteroatoms. The van der Waals surface area contributed by atoms with Crippen molar-refractivity contribution in [1.29, 1.82) is 0 Å². The third-order valence-corrected chi connectivity index (χ3v) is 2.82. The van der Waals surface area contributed by atoms with Crippen molar-refractivity contribution in [3.63, 3.8) is 0 Å². The summed E-state index contributed by atoms with van der Waals surface area (Å²) in [6, 6.07) is 0. The Morgan fingerprint density at radius 3 is 2.52 bits per heavy atom. The lowest BCUT2D eigenvalue weighted by Crippen LogP contribution is -2.19. The number of anilines is 1. The third-order valence-electron chi connectivity index (χ3n) is 2.82. The summed E-state index contributed by atoms with van der Waals surface area (Å²) >= 11 is 0. The smallest absolute Gasteiger partial charge is 0.384 e. The van der Waals surface area contributed by atoms with Gasteiger partial charge in [-0.05, 0) is 6.92 Å². The van der Waals surface area contributed by atoms with Crippen molar-refractivity contribution in [1.82, 2.24) is 24.7 Å². The molecule has 0 aromatic carbocycles. The van der Waals surface area contributed by atoms with Crippen LogP contribution < -0.4 is 5.32 Å². The van der Waals surface area contributed by atoms with Crippen LogP contribution in [0.5, 0.6) is 0 Å². The quantitative estimate of drug-likeness (QED) is 0.836. The molecule has 0 bridgehead atoms. The van der Waals surface area contributed by atoms with Gasteiger partial charge in [-0.2, -0.15) is 18.3 Å². The van der Waals surface area contributed by atoms with Crippen LogP contribution in [0.15, 0.2) is 12.4 Å². The molecule has 0 saturated heterocycles. The van der Waals surface area contributed by atoms with Crippen LogP contribution in [0.3, 0.4) is 0 Å². The largest absolute Gasteiger partial charge is 0.408 e. The van der Waals surface area contributed by atoms with Gasteiger partial charge in [-0.25, -0.2) is 19.6 Å². The SMILES string of the molecule is CCNc1ncc(-c2nc(CCOC)nn2CC(F)(F)F)cn1. The summed E-state index contributed by atoms with van der Waals surface area (Å²) in [6.07, 6.45) is -1.24. The monoisotopic (exact) mass is 330 g/mol. The number of nitrogens with zero attached hydrogens (tertiary/aromatic N) is 5. The van der Waals surface area contributed by atoms with Gasteiger partial charge < -0.3 is 10.1 Å². The summed E-state index contributed by atoms with van der Waals surface area (Å²) in [7, 11) is 1.50. The maximum absolute atomic E-state index is 12.7. The van der Waals surface area contributed by atoms with E-state index >= 15 is 0 Å². The number of hydrogen-bond acceptors (Lipinski definition) is 6. The van der Waals surface area contributed by atoms with Crippen LogP contribution >= 0.6 is 0 Å². The maximum atomic E-state index is 12.7. The molecule has 0 aliphatic carbocycles. The van der Waals surface area contributed by atoms with Gasteiger partial charge in [0.1, 0.15) is 6.54 Å². The van der Waals surface area contributed by atoms with Crippen molar-refractivity contribution >= 4 is 5.95 Å². The van der Waals surface area contributed by atoms with Crippen LogP contribution in [0.1, 0.15) is 12.7 Å². The second-order valence-electron chi connectivity index (χ2n) is 4.69. The lowest BCUT2D eigenvalue weighted by atomic mass is 10.3. The summed E-state index contributed by atoms with van der Waals surface area (Å²) in [4.78, 5) is 12.2. The van der Waals surface area contributed by atoms with Gasteiger partial charge in [0.15, 0.2) is 11.6 Å². The van der Waals surface area contributed by atoms with E-state index in [1.54, 1.807) is 0 Å². The first kappa shape index (κ1) is 17.1. The number of aromatic nitrogens is 5. The molecule has 0 aliphatic rings. The molecule has 2 rings (SSSR count). The Kier molecular flexibility index (Phi) is 5.48. The van der Waals surface area contributed by atoms with Gasteiger partial charge in [-0.3, -0.25) is 0 Å². The first-order chi connectivity index (χ1) is 10.9. The predicted molar refractivity (Wildman–Crippen MR) is 76.8 cm³/mol. The summed E-state index contributed by atoms with van der Waals surface area (Å²) in [5.41, 5.74) is 0.368. The van der Waals surface area contributed by atoms with E-state index in [1.165, 1.54) is 19.5 Å². The van der Waals surface area contributed by atoms with Crippen molar-refractivity contribution in [2.75, 3.05) is 25.6 Å². The summed E-state index contributed by atoms with van der Waals surface area (Å²) < 4.78 is 43.8. The van der Waals surface area contributed by atoms with Crippen molar-refractivity contribution in [2.45, 2.75) is 26.1 Å². The minimum Gasteiger partial charge on any atom is -0.384 e. The van der Waals surface area contributed by atoms with Gasteiger partial charge in [0, 0.05) is 32.5 Å². The van der Waals surface area contributed by atoms with E-state index in [1.807, 2.05) is 6.92 Å². The molecule has 0 unspecified atom stereocenters. The predicted octanol–water partition coefficient (Wildman–Crippen LogP) is 1.92.